The molecule has 2 atom stereocenters. The normalized spacial score (nSPS) is 26.8. The molecule has 2 heteroatoms. The SMILES string of the molecule is C=CC[C@@H](C)O[C@@H]1CCCO1. The molecule has 0 aromatic rings. The zero-order chi connectivity index (χ0) is 8.10. The lowest BCUT2D eigenvalue weighted by Crippen LogP contribution is -2.17. The molecular formula is C9H16O2. The molecule has 0 saturated carbocycles. The predicted molar refractivity (Wildman–Crippen MR) is 44.3 cm³/mol. The molecular weight excluding hydrogens is 140 g/mol. The Kier molecular flexibility index (Phi) is 3.60. The van der Waals surface area contributed by atoms with Gasteiger partial charge in [0.2, 0.25) is 0 Å². The Labute approximate surface area is 68.2 Å². The minimum Gasteiger partial charge on any atom is -0.353 e. The van der Waals surface area contributed by atoms with E-state index < -0.39 is 0 Å². The van der Waals surface area contributed by atoms with Crippen LogP contribution in [0, 0.1) is 0 Å². The van der Waals surface area contributed by atoms with Crippen molar-refractivity contribution in [2.24, 2.45) is 0 Å². The number of hydrogen-bond donors (Lipinski definition) is 0. The van der Waals surface area contributed by atoms with E-state index in [2.05, 4.69) is 6.58 Å². The van der Waals surface area contributed by atoms with E-state index in [-0.39, 0.29) is 12.4 Å². The van der Waals surface area contributed by atoms with Gasteiger partial charge in [0.25, 0.3) is 0 Å². The predicted octanol–water partition coefficient (Wildman–Crippen LogP) is 2.10. The van der Waals surface area contributed by atoms with Crippen LogP contribution in [-0.2, 0) is 9.47 Å². The molecule has 0 spiro atoms. The van der Waals surface area contributed by atoms with E-state index in [1.54, 1.807) is 0 Å². The second kappa shape index (κ2) is 4.52. The van der Waals surface area contributed by atoms with Crippen LogP contribution in [0.15, 0.2) is 12.7 Å². The smallest absolute Gasteiger partial charge is 0.158 e. The van der Waals surface area contributed by atoms with Crippen LogP contribution < -0.4 is 0 Å². The van der Waals surface area contributed by atoms with Crippen LogP contribution in [0.3, 0.4) is 0 Å². The number of hydrogen-bond acceptors (Lipinski definition) is 2. The Morgan fingerprint density at radius 3 is 3.18 bits per heavy atom. The third-order valence-corrected chi connectivity index (χ3v) is 1.77. The minimum absolute atomic E-state index is 0.0462. The van der Waals surface area contributed by atoms with E-state index in [0.29, 0.717) is 0 Å². The monoisotopic (exact) mass is 156 g/mol. The molecule has 1 aliphatic heterocycles. The Hall–Kier alpha value is -0.340. The fourth-order valence-electron chi connectivity index (χ4n) is 1.20. The maximum atomic E-state index is 5.56. The van der Waals surface area contributed by atoms with Gasteiger partial charge >= 0.3 is 0 Å². The van der Waals surface area contributed by atoms with Crippen molar-refractivity contribution in [2.75, 3.05) is 6.61 Å². The summed E-state index contributed by atoms with van der Waals surface area (Å²) in [5, 5.41) is 0. The second-order valence-corrected chi connectivity index (χ2v) is 2.91. The molecule has 0 aromatic heterocycles. The Morgan fingerprint density at radius 1 is 1.82 bits per heavy atom. The summed E-state index contributed by atoms with van der Waals surface area (Å²) in [5.41, 5.74) is 0. The Bertz CT molecular complexity index is 117. The van der Waals surface area contributed by atoms with Crippen LogP contribution in [-0.4, -0.2) is 19.0 Å². The standard InChI is InChI=1S/C9H16O2/c1-3-5-8(2)11-9-6-4-7-10-9/h3,8-9H,1,4-7H2,2H3/t8-,9-/m1/s1. The van der Waals surface area contributed by atoms with Crippen molar-refractivity contribution in [3.63, 3.8) is 0 Å². The molecule has 1 heterocycles. The largest absolute Gasteiger partial charge is 0.353 e. The lowest BCUT2D eigenvalue weighted by atomic mass is 10.3. The Morgan fingerprint density at radius 2 is 2.64 bits per heavy atom. The highest BCUT2D eigenvalue weighted by Crippen LogP contribution is 2.15. The third kappa shape index (κ3) is 3.04. The quantitative estimate of drug-likeness (QED) is 0.580. The second-order valence-electron chi connectivity index (χ2n) is 2.91. The van der Waals surface area contributed by atoms with E-state index in [4.69, 9.17) is 9.47 Å². The van der Waals surface area contributed by atoms with Gasteiger partial charge < -0.3 is 9.47 Å². The summed E-state index contributed by atoms with van der Waals surface area (Å²) in [6.45, 7) is 6.55. The lowest BCUT2D eigenvalue weighted by molar-refractivity contribution is -0.137. The van der Waals surface area contributed by atoms with Gasteiger partial charge in [-0.1, -0.05) is 6.08 Å². The molecule has 0 bridgehead atoms. The van der Waals surface area contributed by atoms with Gasteiger partial charge in [0.1, 0.15) is 0 Å². The lowest BCUT2D eigenvalue weighted by Gasteiger charge is -2.16. The first-order valence-electron chi connectivity index (χ1n) is 4.21. The van der Waals surface area contributed by atoms with Crippen LogP contribution in [0.4, 0.5) is 0 Å². The summed E-state index contributed by atoms with van der Waals surface area (Å²) in [6, 6.07) is 0. The maximum absolute atomic E-state index is 5.56. The summed E-state index contributed by atoms with van der Waals surface area (Å²) >= 11 is 0. The van der Waals surface area contributed by atoms with Crippen molar-refractivity contribution in [1.29, 1.82) is 0 Å². The van der Waals surface area contributed by atoms with Crippen molar-refractivity contribution in [1.82, 2.24) is 0 Å². The summed E-state index contributed by atoms with van der Waals surface area (Å²) in [7, 11) is 0. The molecule has 0 unspecified atom stereocenters. The summed E-state index contributed by atoms with van der Waals surface area (Å²) in [4.78, 5) is 0. The molecule has 1 fully saturated rings. The fourth-order valence-corrected chi connectivity index (χ4v) is 1.20. The van der Waals surface area contributed by atoms with E-state index in [1.165, 1.54) is 0 Å². The Balaban J connectivity index is 2.12. The van der Waals surface area contributed by atoms with Crippen LogP contribution in [0.1, 0.15) is 26.2 Å². The molecule has 1 rings (SSSR count). The number of ether oxygens (including phenoxy) is 2. The summed E-state index contributed by atoms with van der Waals surface area (Å²) in [5.74, 6) is 0. The van der Waals surface area contributed by atoms with Crippen LogP contribution in [0.25, 0.3) is 0 Å². The van der Waals surface area contributed by atoms with Gasteiger partial charge in [-0.25, -0.2) is 0 Å². The highest BCUT2D eigenvalue weighted by molar-refractivity contribution is 4.71. The molecule has 11 heavy (non-hydrogen) atoms. The van der Waals surface area contributed by atoms with Crippen LogP contribution in [0.2, 0.25) is 0 Å². The molecule has 0 aliphatic carbocycles. The van der Waals surface area contributed by atoms with Gasteiger partial charge in [-0.3, -0.25) is 0 Å². The van der Waals surface area contributed by atoms with Crippen LogP contribution in [0.5, 0.6) is 0 Å². The van der Waals surface area contributed by atoms with Crippen molar-refractivity contribution in [2.45, 2.75) is 38.6 Å². The van der Waals surface area contributed by atoms with E-state index in [9.17, 15) is 0 Å². The van der Waals surface area contributed by atoms with Crippen LogP contribution >= 0.6 is 0 Å². The van der Waals surface area contributed by atoms with Gasteiger partial charge in [0.05, 0.1) is 6.10 Å². The average molecular weight is 156 g/mol. The molecule has 0 aromatic carbocycles. The van der Waals surface area contributed by atoms with E-state index in [0.717, 1.165) is 25.9 Å². The van der Waals surface area contributed by atoms with E-state index >= 15 is 0 Å². The molecule has 0 amide bonds. The average Bonchev–Trinajstić information content (AvgIpc) is 2.40. The van der Waals surface area contributed by atoms with Crippen molar-refractivity contribution < 1.29 is 9.47 Å². The molecule has 1 saturated heterocycles. The summed E-state index contributed by atoms with van der Waals surface area (Å²) in [6.07, 6.45) is 5.24. The molecule has 0 radical (unpaired) electrons. The van der Waals surface area contributed by atoms with Crippen molar-refractivity contribution in [3.05, 3.63) is 12.7 Å². The number of rotatable bonds is 4. The van der Waals surface area contributed by atoms with Crippen molar-refractivity contribution in [3.8, 4) is 0 Å². The highest BCUT2D eigenvalue weighted by Gasteiger charge is 2.17. The highest BCUT2D eigenvalue weighted by atomic mass is 16.7. The first-order chi connectivity index (χ1) is 5.33. The minimum atomic E-state index is 0.0462. The fraction of sp³-hybridized carbons (Fsp3) is 0.778. The molecule has 1 aliphatic rings. The zero-order valence-electron chi connectivity index (χ0n) is 7.08. The van der Waals surface area contributed by atoms with Gasteiger partial charge in [-0.2, -0.15) is 0 Å². The molecule has 2 nitrogen and oxygen atoms in total. The third-order valence-electron chi connectivity index (χ3n) is 1.77. The van der Waals surface area contributed by atoms with Gasteiger partial charge in [0.15, 0.2) is 6.29 Å². The molecule has 64 valence electrons. The van der Waals surface area contributed by atoms with Gasteiger partial charge in [0, 0.05) is 13.0 Å². The first kappa shape index (κ1) is 8.75. The van der Waals surface area contributed by atoms with E-state index in [1.807, 2.05) is 13.0 Å². The maximum Gasteiger partial charge on any atom is 0.158 e. The summed E-state index contributed by atoms with van der Waals surface area (Å²) < 4.78 is 10.9. The molecule has 0 N–H and O–H groups in total. The zero-order valence-corrected chi connectivity index (χ0v) is 7.08. The van der Waals surface area contributed by atoms with Crippen molar-refractivity contribution >= 4 is 0 Å². The topological polar surface area (TPSA) is 18.5 Å². The first-order valence-corrected chi connectivity index (χ1v) is 4.21. The van der Waals surface area contributed by atoms with Gasteiger partial charge in [-0.15, -0.1) is 6.58 Å². The van der Waals surface area contributed by atoms with Gasteiger partial charge in [-0.05, 0) is 19.8 Å².